The van der Waals surface area contributed by atoms with Gasteiger partial charge in [-0.1, -0.05) is 11.6 Å². The number of rotatable bonds is 8. The van der Waals surface area contributed by atoms with Crippen molar-refractivity contribution >= 4 is 29.4 Å². The first kappa shape index (κ1) is 26.3. The van der Waals surface area contributed by atoms with Crippen LogP contribution in [0.1, 0.15) is 52.0 Å². The SMILES string of the molecule is O=C(NCCNC(=O)c1cc(Cl)cc(C(F)(F)F)c1)c1ccc(OC2CCC(C(=O)O)CC2)cc1. The van der Waals surface area contributed by atoms with Crippen molar-refractivity contribution in [1.29, 1.82) is 0 Å². The van der Waals surface area contributed by atoms with Crippen LogP contribution < -0.4 is 15.4 Å². The van der Waals surface area contributed by atoms with E-state index in [0.717, 1.165) is 12.1 Å². The monoisotopic (exact) mass is 512 g/mol. The molecule has 11 heteroatoms. The third-order valence-corrected chi connectivity index (χ3v) is 5.84. The highest BCUT2D eigenvalue weighted by molar-refractivity contribution is 6.31. The number of alkyl halides is 3. The third-order valence-electron chi connectivity index (χ3n) is 5.63. The average molecular weight is 513 g/mol. The lowest BCUT2D eigenvalue weighted by molar-refractivity contribution is -0.143. The van der Waals surface area contributed by atoms with Crippen LogP contribution >= 0.6 is 11.6 Å². The van der Waals surface area contributed by atoms with Gasteiger partial charge in [0.05, 0.1) is 17.6 Å². The maximum atomic E-state index is 12.9. The number of hydrogen-bond donors (Lipinski definition) is 3. The summed E-state index contributed by atoms with van der Waals surface area (Å²) >= 11 is 5.69. The highest BCUT2D eigenvalue weighted by atomic mass is 35.5. The van der Waals surface area contributed by atoms with Gasteiger partial charge in [0.25, 0.3) is 11.8 Å². The number of carboxylic acid groups (broad SMARTS) is 1. The van der Waals surface area contributed by atoms with Crippen LogP contribution in [-0.2, 0) is 11.0 Å². The normalized spacial score (nSPS) is 17.9. The van der Waals surface area contributed by atoms with Gasteiger partial charge in [0, 0.05) is 29.2 Å². The molecule has 35 heavy (non-hydrogen) atoms. The Morgan fingerprint density at radius 1 is 0.914 bits per heavy atom. The van der Waals surface area contributed by atoms with Crippen molar-refractivity contribution in [3.05, 3.63) is 64.2 Å². The minimum absolute atomic E-state index is 0.00134. The Balaban J connectivity index is 1.43. The Kier molecular flexibility index (Phi) is 8.61. The summed E-state index contributed by atoms with van der Waals surface area (Å²) in [5.74, 6) is -1.67. The van der Waals surface area contributed by atoms with E-state index in [4.69, 9.17) is 21.4 Å². The fourth-order valence-corrected chi connectivity index (χ4v) is 3.98. The van der Waals surface area contributed by atoms with E-state index in [9.17, 15) is 27.6 Å². The van der Waals surface area contributed by atoms with Crippen molar-refractivity contribution in [2.45, 2.75) is 38.0 Å². The first-order chi connectivity index (χ1) is 16.5. The summed E-state index contributed by atoms with van der Waals surface area (Å²) in [4.78, 5) is 35.5. The molecule has 1 aliphatic rings. The Morgan fingerprint density at radius 2 is 1.49 bits per heavy atom. The summed E-state index contributed by atoms with van der Waals surface area (Å²) in [6, 6.07) is 9.04. The van der Waals surface area contributed by atoms with Crippen LogP contribution in [0.15, 0.2) is 42.5 Å². The van der Waals surface area contributed by atoms with E-state index < -0.39 is 29.5 Å². The van der Waals surface area contributed by atoms with Gasteiger partial charge < -0.3 is 20.5 Å². The summed E-state index contributed by atoms with van der Waals surface area (Å²) < 4.78 is 44.5. The molecule has 0 aromatic heterocycles. The molecular weight excluding hydrogens is 489 g/mol. The van der Waals surface area contributed by atoms with E-state index in [0.29, 0.717) is 43.1 Å². The number of carbonyl (C=O) groups is 3. The smallest absolute Gasteiger partial charge is 0.416 e. The van der Waals surface area contributed by atoms with Gasteiger partial charge in [0.15, 0.2) is 0 Å². The first-order valence-electron chi connectivity index (χ1n) is 11.0. The number of aliphatic carboxylic acids is 1. The van der Waals surface area contributed by atoms with Crippen LogP contribution in [0, 0.1) is 5.92 Å². The van der Waals surface area contributed by atoms with E-state index in [-0.39, 0.29) is 35.7 Å². The van der Waals surface area contributed by atoms with Gasteiger partial charge in [-0.2, -0.15) is 13.2 Å². The molecule has 188 valence electrons. The molecule has 2 amide bonds. The van der Waals surface area contributed by atoms with Gasteiger partial charge in [-0.05, 0) is 68.1 Å². The van der Waals surface area contributed by atoms with Crippen LogP contribution in [0.4, 0.5) is 13.2 Å². The average Bonchev–Trinajstić information content (AvgIpc) is 2.81. The summed E-state index contributed by atoms with van der Waals surface area (Å²) in [7, 11) is 0. The van der Waals surface area contributed by atoms with Gasteiger partial charge in [0.1, 0.15) is 5.75 Å². The molecule has 0 aliphatic heterocycles. The van der Waals surface area contributed by atoms with Crippen LogP contribution in [0.5, 0.6) is 5.75 Å². The molecule has 0 saturated heterocycles. The molecule has 1 aliphatic carbocycles. The zero-order valence-corrected chi connectivity index (χ0v) is 19.3. The largest absolute Gasteiger partial charge is 0.490 e. The lowest BCUT2D eigenvalue weighted by Gasteiger charge is -2.26. The quantitative estimate of drug-likeness (QED) is 0.450. The summed E-state index contributed by atoms with van der Waals surface area (Å²) in [6.45, 7) is 0.0565. The van der Waals surface area contributed by atoms with E-state index in [1.54, 1.807) is 24.3 Å². The minimum atomic E-state index is -4.63. The molecule has 1 fully saturated rings. The highest BCUT2D eigenvalue weighted by Crippen LogP contribution is 2.32. The van der Waals surface area contributed by atoms with Crippen LogP contribution in [0.25, 0.3) is 0 Å². The maximum Gasteiger partial charge on any atom is 0.416 e. The summed E-state index contributed by atoms with van der Waals surface area (Å²) in [5, 5.41) is 13.9. The van der Waals surface area contributed by atoms with Crippen molar-refractivity contribution in [3.63, 3.8) is 0 Å². The molecule has 0 radical (unpaired) electrons. The number of hydrogen-bond acceptors (Lipinski definition) is 4. The molecule has 0 atom stereocenters. The first-order valence-corrected chi connectivity index (χ1v) is 11.3. The molecule has 0 unspecified atom stereocenters. The second-order valence-corrected chi connectivity index (χ2v) is 8.63. The minimum Gasteiger partial charge on any atom is -0.490 e. The van der Waals surface area contributed by atoms with Crippen LogP contribution in [0.2, 0.25) is 5.02 Å². The van der Waals surface area contributed by atoms with Gasteiger partial charge in [-0.3, -0.25) is 14.4 Å². The molecule has 2 aromatic carbocycles. The molecular formula is C24H24ClF3N2O5. The number of benzene rings is 2. The maximum absolute atomic E-state index is 12.9. The fraction of sp³-hybridized carbons (Fsp3) is 0.375. The predicted molar refractivity (Wildman–Crippen MR) is 122 cm³/mol. The van der Waals surface area contributed by atoms with Gasteiger partial charge in [-0.15, -0.1) is 0 Å². The van der Waals surface area contributed by atoms with Crippen molar-refractivity contribution in [3.8, 4) is 5.75 Å². The third kappa shape index (κ3) is 7.61. The van der Waals surface area contributed by atoms with Crippen molar-refractivity contribution in [2.24, 2.45) is 5.92 Å². The number of nitrogens with one attached hydrogen (secondary N) is 2. The lowest BCUT2D eigenvalue weighted by Crippen LogP contribution is -2.34. The molecule has 0 spiro atoms. The van der Waals surface area contributed by atoms with Crippen molar-refractivity contribution in [1.82, 2.24) is 10.6 Å². The molecule has 2 aromatic rings. The second-order valence-electron chi connectivity index (χ2n) is 8.19. The predicted octanol–water partition coefficient (Wildman–Crippen LogP) is 4.54. The number of amides is 2. The van der Waals surface area contributed by atoms with Crippen molar-refractivity contribution in [2.75, 3.05) is 13.1 Å². The second kappa shape index (κ2) is 11.4. The molecule has 0 bridgehead atoms. The van der Waals surface area contributed by atoms with E-state index >= 15 is 0 Å². The number of carbonyl (C=O) groups excluding carboxylic acids is 2. The van der Waals surface area contributed by atoms with Gasteiger partial charge in [-0.25, -0.2) is 0 Å². The van der Waals surface area contributed by atoms with E-state index in [1.807, 2.05) is 0 Å². The Morgan fingerprint density at radius 3 is 2.03 bits per heavy atom. The zero-order valence-electron chi connectivity index (χ0n) is 18.5. The standard InChI is InChI=1S/C24H24ClF3N2O5/c25-18-12-16(11-17(13-18)24(26,27)28)22(32)30-10-9-29-21(31)14-1-5-19(6-2-14)35-20-7-3-15(4-8-20)23(33)34/h1-2,5-6,11-13,15,20H,3-4,7-10H2,(H,29,31)(H,30,32)(H,33,34). The van der Waals surface area contributed by atoms with E-state index in [1.165, 1.54) is 0 Å². The topological polar surface area (TPSA) is 105 Å². The number of carboxylic acids is 1. The van der Waals surface area contributed by atoms with Crippen LogP contribution in [0.3, 0.4) is 0 Å². The lowest BCUT2D eigenvalue weighted by atomic mass is 9.87. The number of ether oxygens (including phenoxy) is 1. The van der Waals surface area contributed by atoms with Crippen molar-refractivity contribution < 1.29 is 37.4 Å². The summed E-state index contributed by atoms with van der Waals surface area (Å²) in [5.41, 5.74) is -0.894. The Bertz CT molecular complexity index is 1070. The molecule has 7 nitrogen and oxygen atoms in total. The Hall–Kier alpha value is -3.27. The van der Waals surface area contributed by atoms with E-state index in [2.05, 4.69) is 10.6 Å². The Labute approximate surface area is 204 Å². The zero-order chi connectivity index (χ0) is 25.6. The summed E-state index contributed by atoms with van der Waals surface area (Å²) in [6.07, 6.45) is -2.26. The fourth-order valence-electron chi connectivity index (χ4n) is 3.75. The van der Waals surface area contributed by atoms with Crippen LogP contribution in [-0.4, -0.2) is 42.1 Å². The molecule has 0 heterocycles. The molecule has 3 rings (SSSR count). The highest BCUT2D eigenvalue weighted by Gasteiger charge is 2.31. The molecule has 3 N–H and O–H groups in total. The molecule has 1 saturated carbocycles. The van der Waals surface area contributed by atoms with Gasteiger partial charge in [0.2, 0.25) is 0 Å². The van der Waals surface area contributed by atoms with Gasteiger partial charge >= 0.3 is 12.1 Å². The number of halogens is 4.